The molecule has 0 radical (unpaired) electrons. The highest BCUT2D eigenvalue weighted by Crippen LogP contribution is 2.23. The van der Waals surface area contributed by atoms with Gasteiger partial charge in [-0.05, 0) is 167 Å². The van der Waals surface area contributed by atoms with Crippen LogP contribution >= 0.6 is 21.6 Å². The summed E-state index contributed by atoms with van der Waals surface area (Å²) in [6.45, 7) is 19.3. The number of esters is 1. The molecule has 4 N–H and O–H groups in total. The lowest BCUT2D eigenvalue weighted by Crippen LogP contribution is -2.47. The van der Waals surface area contributed by atoms with Crippen molar-refractivity contribution in [1.82, 2.24) is 19.6 Å². The number of carbonyl (C=O) groups is 1. The van der Waals surface area contributed by atoms with Crippen LogP contribution in [0.4, 0.5) is 0 Å². The normalized spacial score (nSPS) is 15.0. The van der Waals surface area contributed by atoms with Gasteiger partial charge in [0.1, 0.15) is 6.61 Å². The highest BCUT2D eigenvalue weighted by Gasteiger charge is 2.20. The number of hydrogen-bond acceptors (Lipinski definition) is 12. The second-order valence-electron chi connectivity index (χ2n) is 29.5. The van der Waals surface area contributed by atoms with Crippen molar-refractivity contribution in [2.75, 3.05) is 96.6 Å². The van der Waals surface area contributed by atoms with Gasteiger partial charge in [-0.1, -0.05) is 289 Å². The van der Waals surface area contributed by atoms with Gasteiger partial charge in [0.2, 0.25) is 0 Å². The van der Waals surface area contributed by atoms with Crippen molar-refractivity contribution in [3.8, 4) is 0 Å². The maximum absolute atomic E-state index is 13.0. The molecule has 0 unspecified atom stereocenters. The zero-order valence-electron chi connectivity index (χ0n) is 65.6. The van der Waals surface area contributed by atoms with Crippen LogP contribution in [0, 0.1) is 0 Å². The summed E-state index contributed by atoms with van der Waals surface area (Å²) in [6, 6.07) is 0. The highest BCUT2D eigenvalue weighted by atomic mass is 33.1. The molecule has 0 aliphatic carbocycles. The molecular weight excluding hydrogens is 1260 g/mol. The average Bonchev–Trinajstić information content (AvgIpc) is 1.94. The van der Waals surface area contributed by atoms with Gasteiger partial charge in [-0.15, -0.1) is 0 Å². The molecule has 1 heterocycles. The van der Waals surface area contributed by atoms with Crippen molar-refractivity contribution in [2.24, 2.45) is 0 Å². The van der Waals surface area contributed by atoms with E-state index in [-0.39, 0.29) is 18.2 Å². The predicted molar refractivity (Wildman–Crippen MR) is 439 cm³/mol. The van der Waals surface area contributed by atoms with E-state index < -0.39 is 12.2 Å². The van der Waals surface area contributed by atoms with Crippen LogP contribution < -0.4 is 0 Å². The number of allylic oxidation sites excluding steroid dienone is 12. The maximum atomic E-state index is 13.0. The zero-order valence-corrected chi connectivity index (χ0v) is 67.3. The third-order valence-corrected chi connectivity index (χ3v) is 22.2. The van der Waals surface area contributed by atoms with E-state index in [1.54, 1.807) is 0 Å². The first-order valence-corrected chi connectivity index (χ1v) is 45.1. The Morgan fingerprint density at radius 1 is 0.343 bits per heavy atom. The minimum atomic E-state index is -0.443. The fourth-order valence-corrected chi connectivity index (χ4v) is 15.4. The van der Waals surface area contributed by atoms with E-state index in [0.29, 0.717) is 52.2 Å². The number of hydrogen-bond donors (Lipinski definition) is 4. The number of piperazine rings is 1. The predicted octanol–water partition coefficient (Wildman–Crippen LogP) is 22.9. The third-order valence-electron chi connectivity index (χ3n) is 19.7. The first-order valence-electron chi connectivity index (χ1n) is 42.6. The molecule has 1 fully saturated rings. The summed E-state index contributed by atoms with van der Waals surface area (Å²) in [5, 5.41) is 44.8. The summed E-state index contributed by atoms with van der Waals surface area (Å²) >= 11 is 0. The van der Waals surface area contributed by atoms with Crippen molar-refractivity contribution in [1.29, 1.82) is 0 Å². The van der Waals surface area contributed by atoms with Crippen LogP contribution in [0.3, 0.4) is 0 Å². The van der Waals surface area contributed by atoms with Crippen molar-refractivity contribution in [2.45, 2.75) is 380 Å². The molecule has 0 amide bonds. The molecule has 0 bridgehead atoms. The summed E-state index contributed by atoms with van der Waals surface area (Å²) < 4.78 is 5.78. The van der Waals surface area contributed by atoms with Gasteiger partial charge in [0.15, 0.2) is 0 Å². The molecule has 0 aromatic heterocycles. The number of carbonyl (C=O) groups excluding carboxylic acids is 1. The second kappa shape index (κ2) is 77.4. The SMILES string of the molecule is CCCCC/C=C\C/C=C\CCCCCC[C@@H](O)CN(CCCC(=O)OCCN1CCN(CCSSCCCN(C[C@@H](O)CCCCCC/C=C\CCCCCCCC)C[C@@H](O)CCCCCC/C=C\CCCCCCCC)CC1)C[C@H](O)CCCCCC/C=C\C/C=C\CCCCC. The molecule has 10 nitrogen and oxygen atoms in total. The third kappa shape index (κ3) is 70.4. The van der Waals surface area contributed by atoms with Crippen molar-refractivity contribution in [3.63, 3.8) is 0 Å². The Morgan fingerprint density at radius 3 is 0.970 bits per heavy atom. The molecule has 0 saturated carbocycles. The fraction of sp³-hybridized carbons (Fsp3) is 0.851. The van der Waals surface area contributed by atoms with Gasteiger partial charge in [-0.25, -0.2) is 0 Å². The summed E-state index contributed by atoms with van der Waals surface area (Å²) in [5.74, 6) is 2.01. The number of unbranched alkanes of at least 4 members (excludes halogenated alkanes) is 34. The molecule has 580 valence electrons. The summed E-state index contributed by atoms with van der Waals surface area (Å²) in [4.78, 5) is 22.6. The smallest absolute Gasteiger partial charge is 0.305 e. The van der Waals surface area contributed by atoms with Crippen LogP contribution in [0.1, 0.15) is 355 Å². The first kappa shape index (κ1) is 95.3. The molecule has 1 rings (SSSR count). The molecule has 0 spiro atoms. The lowest BCUT2D eigenvalue weighted by atomic mass is 10.1. The van der Waals surface area contributed by atoms with Crippen LogP contribution in [0.25, 0.3) is 0 Å². The van der Waals surface area contributed by atoms with E-state index in [1.807, 2.05) is 21.6 Å². The summed E-state index contributed by atoms with van der Waals surface area (Å²) in [7, 11) is 3.94. The number of aliphatic hydroxyl groups excluding tert-OH is 4. The van der Waals surface area contributed by atoms with Gasteiger partial charge in [-0.3, -0.25) is 24.4 Å². The van der Waals surface area contributed by atoms with E-state index in [2.05, 4.69) is 120 Å². The van der Waals surface area contributed by atoms with E-state index in [9.17, 15) is 25.2 Å². The Bertz CT molecular complexity index is 1750. The number of ether oxygens (including phenoxy) is 1. The monoisotopic (exact) mass is 1430 g/mol. The van der Waals surface area contributed by atoms with Crippen LogP contribution in [0.5, 0.6) is 0 Å². The average molecular weight is 1430 g/mol. The standard InChI is InChI=1S/C87H164N4O6S2/c1-5-9-13-17-21-25-29-33-37-41-45-49-53-57-63-83(92)79-90(80-84(93)64-58-54-50-46-42-38-34-30-26-22-18-14-10-6-2)68-61-67-87(96)97-76-74-88-70-72-89(73-71-88)75-78-99-98-77-62-69-91(81-85(94)65-59-55-51-47-43-39-35-31-27-23-19-15-11-7-3)82-86(95)66-60-56-52-48-44-40-36-32-28-24-20-16-12-8-4/h21-22,25-26,33-40,83-86,92-95H,5-20,23-24,27-32,41-82H2,1-4H3/b25-21-,26-22-,37-33-,38-34-,39-35-,40-36-/t83-,84-,85+,86+/m1/s1. The Hall–Kier alpha value is -1.71. The molecule has 4 atom stereocenters. The maximum Gasteiger partial charge on any atom is 0.305 e. The van der Waals surface area contributed by atoms with E-state index in [4.69, 9.17) is 4.74 Å². The van der Waals surface area contributed by atoms with Crippen molar-refractivity contribution >= 4 is 27.6 Å². The van der Waals surface area contributed by atoms with Crippen LogP contribution in [-0.2, 0) is 9.53 Å². The lowest BCUT2D eigenvalue weighted by Gasteiger charge is -2.34. The number of rotatable bonds is 77. The Labute approximate surface area is 622 Å². The quantitative estimate of drug-likeness (QED) is 0.0201. The molecule has 1 aliphatic heterocycles. The molecular formula is C87H164N4O6S2. The molecule has 0 aromatic rings. The van der Waals surface area contributed by atoms with Crippen LogP contribution in [-0.4, -0.2) is 167 Å². The molecule has 1 saturated heterocycles. The van der Waals surface area contributed by atoms with E-state index in [1.165, 1.54) is 218 Å². The summed E-state index contributed by atoms with van der Waals surface area (Å²) in [6.07, 6.45) is 85.7. The molecule has 0 aromatic carbocycles. The zero-order chi connectivity index (χ0) is 71.5. The first-order chi connectivity index (χ1) is 48.7. The van der Waals surface area contributed by atoms with Crippen molar-refractivity contribution < 1.29 is 30.0 Å². The van der Waals surface area contributed by atoms with Gasteiger partial charge in [-0.2, -0.15) is 0 Å². The van der Waals surface area contributed by atoms with Gasteiger partial charge in [0, 0.05) is 83.4 Å². The minimum absolute atomic E-state index is 0.156. The summed E-state index contributed by atoms with van der Waals surface area (Å²) in [5.41, 5.74) is 0. The molecule has 12 heteroatoms. The van der Waals surface area contributed by atoms with Crippen LogP contribution in [0.2, 0.25) is 0 Å². The molecule has 99 heavy (non-hydrogen) atoms. The topological polar surface area (TPSA) is 120 Å². The van der Waals surface area contributed by atoms with Crippen molar-refractivity contribution in [3.05, 3.63) is 72.9 Å². The lowest BCUT2D eigenvalue weighted by molar-refractivity contribution is -0.144. The van der Waals surface area contributed by atoms with Gasteiger partial charge in [0.05, 0.1) is 24.4 Å². The Morgan fingerprint density at radius 2 is 0.616 bits per heavy atom. The number of aliphatic hydroxyl groups is 4. The van der Waals surface area contributed by atoms with Gasteiger partial charge < -0.3 is 25.2 Å². The molecule has 1 aliphatic rings. The van der Waals surface area contributed by atoms with E-state index >= 15 is 0 Å². The minimum Gasteiger partial charge on any atom is -0.464 e. The van der Waals surface area contributed by atoms with Crippen LogP contribution in [0.15, 0.2) is 72.9 Å². The van der Waals surface area contributed by atoms with Gasteiger partial charge >= 0.3 is 5.97 Å². The Kier molecular flexibility index (Phi) is 74.5. The highest BCUT2D eigenvalue weighted by molar-refractivity contribution is 8.76. The Balaban J connectivity index is 2.49. The second-order valence-corrected chi connectivity index (χ2v) is 32.2. The fourth-order valence-electron chi connectivity index (χ4n) is 13.3. The number of nitrogens with zero attached hydrogens (tertiary/aromatic N) is 4. The largest absolute Gasteiger partial charge is 0.464 e. The van der Waals surface area contributed by atoms with Gasteiger partial charge in [0.25, 0.3) is 0 Å². The van der Waals surface area contributed by atoms with E-state index in [0.717, 1.165) is 154 Å².